The molecule has 0 amide bonds. The highest BCUT2D eigenvalue weighted by Crippen LogP contribution is 2.50. The zero-order valence-electron chi connectivity index (χ0n) is 17.6. The fraction of sp³-hybridized carbons (Fsp3) is 0.769. The molecule has 0 aliphatic heterocycles. The average Bonchev–Trinajstić information content (AvgIpc) is 2.69. The third-order valence-electron chi connectivity index (χ3n) is 8.45. The van der Waals surface area contributed by atoms with Crippen LogP contribution in [-0.2, 0) is 6.42 Å². The van der Waals surface area contributed by atoms with Gasteiger partial charge in [0, 0.05) is 0 Å². The van der Waals surface area contributed by atoms with Crippen molar-refractivity contribution in [3.05, 3.63) is 35.1 Å². The predicted molar refractivity (Wildman–Crippen MR) is 112 cm³/mol. The first-order chi connectivity index (χ1) is 13.1. The van der Waals surface area contributed by atoms with Crippen molar-refractivity contribution in [3.63, 3.8) is 0 Å². The fourth-order valence-corrected chi connectivity index (χ4v) is 6.70. The molecule has 1 aromatic rings. The Kier molecular flexibility index (Phi) is 6.25. The van der Waals surface area contributed by atoms with Crippen LogP contribution >= 0.6 is 0 Å². The second kappa shape index (κ2) is 8.66. The Balaban J connectivity index is 1.34. The summed E-state index contributed by atoms with van der Waals surface area (Å²) in [5, 5.41) is 0. The van der Waals surface area contributed by atoms with E-state index in [1.807, 2.05) is 6.07 Å². The maximum Gasteiger partial charge on any atom is 0.126 e. The van der Waals surface area contributed by atoms with E-state index in [2.05, 4.69) is 26.0 Å². The van der Waals surface area contributed by atoms with Crippen LogP contribution in [0.25, 0.3) is 0 Å². The highest BCUT2D eigenvalue weighted by Gasteiger charge is 2.38. The number of aryl methyl sites for hydroxylation is 1. The van der Waals surface area contributed by atoms with Crippen molar-refractivity contribution in [3.8, 4) is 0 Å². The summed E-state index contributed by atoms with van der Waals surface area (Å²) in [6.45, 7) is 4.56. The van der Waals surface area contributed by atoms with Gasteiger partial charge in [0.05, 0.1) is 0 Å². The number of rotatable bonds is 4. The lowest BCUT2D eigenvalue weighted by molar-refractivity contribution is 0.0732. The van der Waals surface area contributed by atoms with Crippen molar-refractivity contribution in [2.24, 2.45) is 29.6 Å². The van der Waals surface area contributed by atoms with Crippen molar-refractivity contribution in [1.82, 2.24) is 0 Å². The quantitative estimate of drug-likeness (QED) is 0.505. The highest BCUT2D eigenvalue weighted by atomic mass is 19.1. The van der Waals surface area contributed by atoms with Gasteiger partial charge in [0.1, 0.15) is 5.82 Å². The van der Waals surface area contributed by atoms with E-state index < -0.39 is 0 Å². The Labute approximate surface area is 166 Å². The molecule has 0 aromatic heterocycles. The molecule has 0 heterocycles. The second-order valence-electron chi connectivity index (χ2n) is 10.2. The van der Waals surface area contributed by atoms with Crippen molar-refractivity contribution in [1.29, 1.82) is 0 Å². The fourth-order valence-electron chi connectivity index (χ4n) is 6.70. The van der Waals surface area contributed by atoms with Crippen LogP contribution in [0.1, 0.15) is 102 Å². The molecule has 3 fully saturated rings. The van der Waals surface area contributed by atoms with Gasteiger partial charge in [-0.3, -0.25) is 0 Å². The molecule has 150 valence electrons. The lowest BCUT2D eigenvalue weighted by atomic mass is 9.60. The standard InChI is InChI=1S/C26H39F/c1-3-4-20-9-10-25(17-26(20)27)24-14-13-22-15-21(11-12-23(22)16-24)19-7-5-18(2)6-8-19/h9-10,17-19,21-24H,3-8,11-16H2,1-2H3. The molecule has 1 aromatic carbocycles. The maximum atomic E-state index is 14.4. The van der Waals surface area contributed by atoms with E-state index in [1.165, 1.54) is 69.8 Å². The summed E-state index contributed by atoms with van der Waals surface area (Å²) in [6, 6.07) is 6.15. The third kappa shape index (κ3) is 4.43. The number of halogens is 1. The molecule has 3 aliphatic rings. The van der Waals surface area contributed by atoms with Crippen molar-refractivity contribution >= 4 is 0 Å². The number of hydrogen-bond acceptors (Lipinski definition) is 0. The summed E-state index contributed by atoms with van der Waals surface area (Å²) >= 11 is 0. The van der Waals surface area contributed by atoms with Crippen LogP contribution < -0.4 is 0 Å². The van der Waals surface area contributed by atoms with Gasteiger partial charge < -0.3 is 0 Å². The van der Waals surface area contributed by atoms with E-state index in [0.717, 1.165) is 48.0 Å². The third-order valence-corrected chi connectivity index (χ3v) is 8.45. The minimum Gasteiger partial charge on any atom is -0.207 e. The van der Waals surface area contributed by atoms with Crippen LogP contribution in [-0.4, -0.2) is 0 Å². The van der Waals surface area contributed by atoms with E-state index >= 15 is 0 Å². The SMILES string of the molecule is CCCc1ccc(C2CCC3CC(C4CCC(C)CC4)CCC3C2)cc1F. The largest absolute Gasteiger partial charge is 0.207 e. The van der Waals surface area contributed by atoms with Gasteiger partial charge in [-0.15, -0.1) is 0 Å². The summed E-state index contributed by atoms with van der Waals surface area (Å²) in [6.07, 6.45) is 16.2. The first kappa shape index (κ1) is 19.5. The minimum absolute atomic E-state index is 0.0340. The van der Waals surface area contributed by atoms with Crippen molar-refractivity contribution < 1.29 is 4.39 Å². The lowest BCUT2D eigenvalue weighted by Gasteiger charge is -2.45. The van der Waals surface area contributed by atoms with Crippen molar-refractivity contribution in [2.45, 2.75) is 96.8 Å². The molecule has 4 unspecified atom stereocenters. The summed E-state index contributed by atoms with van der Waals surface area (Å²) in [4.78, 5) is 0. The molecule has 1 heteroatoms. The molecule has 0 bridgehead atoms. The van der Waals surface area contributed by atoms with E-state index in [9.17, 15) is 4.39 Å². The summed E-state index contributed by atoms with van der Waals surface area (Å²) in [7, 11) is 0. The lowest BCUT2D eigenvalue weighted by Crippen LogP contribution is -2.34. The van der Waals surface area contributed by atoms with E-state index in [4.69, 9.17) is 0 Å². The average molecular weight is 371 g/mol. The van der Waals surface area contributed by atoms with Gasteiger partial charge in [0.25, 0.3) is 0 Å². The predicted octanol–water partition coefficient (Wildman–Crippen LogP) is 7.90. The van der Waals surface area contributed by atoms with Gasteiger partial charge in [-0.2, -0.15) is 0 Å². The van der Waals surface area contributed by atoms with Crippen LogP contribution in [0.5, 0.6) is 0 Å². The summed E-state index contributed by atoms with van der Waals surface area (Å²) in [5.41, 5.74) is 2.17. The molecule has 4 rings (SSSR count). The molecule has 4 atom stereocenters. The van der Waals surface area contributed by atoms with Gasteiger partial charge in [-0.1, -0.05) is 45.2 Å². The molecule has 3 aliphatic carbocycles. The van der Waals surface area contributed by atoms with Crippen LogP contribution in [0.4, 0.5) is 4.39 Å². The van der Waals surface area contributed by atoms with E-state index in [1.54, 1.807) is 0 Å². The Morgan fingerprint density at radius 3 is 2.15 bits per heavy atom. The summed E-state index contributed by atoms with van der Waals surface area (Å²) in [5.74, 6) is 5.51. The summed E-state index contributed by atoms with van der Waals surface area (Å²) < 4.78 is 14.4. The Hall–Kier alpha value is -0.850. The number of benzene rings is 1. The zero-order chi connectivity index (χ0) is 18.8. The topological polar surface area (TPSA) is 0 Å². The monoisotopic (exact) mass is 370 g/mol. The van der Waals surface area contributed by atoms with Crippen LogP contribution in [0.2, 0.25) is 0 Å². The molecule has 0 saturated heterocycles. The van der Waals surface area contributed by atoms with Crippen LogP contribution in [0.15, 0.2) is 18.2 Å². The second-order valence-corrected chi connectivity index (χ2v) is 10.2. The zero-order valence-corrected chi connectivity index (χ0v) is 17.6. The highest BCUT2D eigenvalue weighted by molar-refractivity contribution is 5.27. The van der Waals surface area contributed by atoms with Gasteiger partial charge in [0.2, 0.25) is 0 Å². The normalized spacial score (nSPS) is 37.0. The number of fused-ring (bicyclic) bond motifs is 1. The van der Waals surface area contributed by atoms with Crippen molar-refractivity contribution in [2.75, 3.05) is 0 Å². The molecule has 27 heavy (non-hydrogen) atoms. The first-order valence-electron chi connectivity index (χ1n) is 11.9. The molecule has 0 radical (unpaired) electrons. The minimum atomic E-state index is 0.0340. The maximum absolute atomic E-state index is 14.4. The van der Waals surface area contributed by atoms with Gasteiger partial charge >= 0.3 is 0 Å². The Morgan fingerprint density at radius 1 is 0.815 bits per heavy atom. The molecular formula is C26H39F. The number of hydrogen-bond donors (Lipinski definition) is 0. The first-order valence-corrected chi connectivity index (χ1v) is 11.9. The van der Waals surface area contributed by atoms with Gasteiger partial charge in [-0.05, 0) is 110 Å². The van der Waals surface area contributed by atoms with Crippen LogP contribution in [0.3, 0.4) is 0 Å². The Bertz CT molecular complexity index is 613. The smallest absolute Gasteiger partial charge is 0.126 e. The van der Waals surface area contributed by atoms with E-state index in [-0.39, 0.29) is 5.82 Å². The Morgan fingerprint density at radius 2 is 1.44 bits per heavy atom. The molecular weight excluding hydrogens is 331 g/mol. The molecule has 0 nitrogen and oxygen atoms in total. The molecule has 0 N–H and O–H groups in total. The van der Waals surface area contributed by atoms with Crippen LogP contribution in [0, 0.1) is 35.4 Å². The van der Waals surface area contributed by atoms with Gasteiger partial charge in [-0.25, -0.2) is 4.39 Å². The molecule has 3 saturated carbocycles. The van der Waals surface area contributed by atoms with Gasteiger partial charge in [0.15, 0.2) is 0 Å². The van der Waals surface area contributed by atoms with E-state index in [0.29, 0.717) is 5.92 Å². The molecule has 0 spiro atoms.